The molecule has 5 heteroatoms. The SMILES string of the molecule is CC(C)O.CC(C)O.[NH-]CC1(C[NH-])CC1.[Pt+2]. The van der Waals surface area contributed by atoms with E-state index in [1.54, 1.807) is 27.7 Å². The molecule has 0 atom stereocenters. The Kier molecular flexibility index (Phi) is 16.3. The molecule has 16 heavy (non-hydrogen) atoms. The van der Waals surface area contributed by atoms with Gasteiger partial charge in [0.2, 0.25) is 0 Å². The minimum Gasteiger partial charge on any atom is -0.677 e. The van der Waals surface area contributed by atoms with E-state index in [9.17, 15) is 0 Å². The first-order valence-electron chi connectivity index (χ1n) is 5.45. The van der Waals surface area contributed by atoms with Crippen LogP contribution < -0.4 is 0 Å². The molecule has 4 N–H and O–H groups in total. The Labute approximate surface area is 114 Å². The van der Waals surface area contributed by atoms with Crippen LogP contribution in [-0.4, -0.2) is 35.5 Å². The van der Waals surface area contributed by atoms with Gasteiger partial charge in [-0.2, -0.15) is 0 Å². The van der Waals surface area contributed by atoms with Crippen molar-refractivity contribution in [2.75, 3.05) is 13.1 Å². The van der Waals surface area contributed by atoms with Crippen LogP contribution in [0, 0.1) is 5.41 Å². The molecule has 0 aromatic carbocycles. The molecule has 0 bridgehead atoms. The second kappa shape index (κ2) is 12.0. The Morgan fingerprint density at radius 2 is 1.12 bits per heavy atom. The molecular formula is C11H26N2O2Pt. The molecule has 0 spiro atoms. The summed E-state index contributed by atoms with van der Waals surface area (Å²) in [5, 5.41) is 16.1. The summed E-state index contributed by atoms with van der Waals surface area (Å²) in [5.41, 5.74) is 14.1. The van der Waals surface area contributed by atoms with E-state index in [1.165, 1.54) is 0 Å². The van der Waals surface area contributed by atoms with Crippen molar-refractivity contribution >= 4 is 0 Å². The average Bonchev–Trinajstić information content (AvgIpc) is 2.82. The summed E-state index contributed by atoms with van der Waals surface area (Å²) in [6, 6.07) is 0. The van der Waals surface area contributed by atoms with Crippen LogP contribution in [0.15, 0.2) is 0 Å². The summed E-state index contributed by atoms with van der Waals surface area (Å²) in [5.74, 6) is 0. The first-order chi connectivity index (χ1) is 6.79. The van der Waals surface area contributed by atoms with Gasteiger partial charge in [0.25, 0.3) is 0 Å². The van der Waals surface area contributed by atoms with Gasteiger partial charge in [0, 0.05) is 12.2 Å². The van der Waals surface area contributed by atoms with E-state index in [4.69, 9.17) is 21.7 Å². The Hall–Kier alpha value is 0.528. The Morgan fingerprint density at radius 1 is 0.938 bits per heavy atom. The molecule has 1 aliphatic rings. The third-order valence-electron chi connectivity index (χ3n) is 1.71. The number of hydrogen-bond acceptors (Lipinski definition) is 2. The zero-order valence-corrected chi connectivity index (χ0v) is 13.0. The fourth-order valence-electron chi connectivity index (χ4n) is 0.593. The Bertz CT molecular complexity index is 122. The third-order valence-corrected chi connectivity index (χ3v) is 1.71. The Morgan fingerprint density at radius 3 is 1.12 bits per heavy atom. The summed E-state index contributed by atoms with van der Waals surface area (Å²) in [7, 11) is 0. The van der Waals surface area contributed by atoms with Gasteiger partial charge < -0.3 is 21.7 Å². The van der Waals surface area contributed by atoms with Crippen LogP contribution in [0.3, 0.4) is 0 Å². The van der Waals surface area contributed by atoms with Crippen LogP contribution in [0.2, 0.25) is 0 Å². The van der Waals surface area contributed by atoms with Crippen LogP contribution in [0.4, 0.5) is 0 Å². The predicted octanol–water partition coefficient (Wildman–Crippen LogP) is 2.64. The van der Waals surface area contributed by atoms with Crippen molar-refractivity contribution in [3.05, 3.63) is 11.5 Å². The van der Waals surface area contributed by atoms with Crippen LogP contribution in [-0.2, 0) is 21.1 Å². The number of aliphatic hydroxyl groups is 2. The first kappa shape index (κ1) is 21.8. The van der Waals surface area contributed by atoms with Crippen molar-refractivity contribution in [2.45, 2.75) is 52.7 Å². The zero-order valence-electron chi connectivity index (χ0n) is 10.7. The van der Waals surface area contributed by atoms with Gasteiger partial charge in [0.15, 0.2) is 0 Å². The van der Waals surface area contributed by atoms with Gasteiger partial charge in [-0.25, -0.2) is 0 Å². The fourth-order valence-corrected chi connectivity index (χ4v) is 0.593. The topological polar surface area (TPSA) is 88.1 Å². The molecule has 0 unspecified atom stereocenters. The molecule has 0 heterocycles. The fraction of sp³-hybridized carbons (Fsp3) is 1.00. The van der Waals surface area contributed by atoms with Crippen LogP contribution in [0.5, 0.6) is 0 Å². The summed E-state index contributed by atoms with van der Waals surface area (Å²) in [4.78, 5) is 0. The summed E-state index contributed by atoms with van der Waals surface area (Å²) >= 11 is 0. The molecule has 0 amide bonds. The second-order valence-electron chi connectivity index (χ2n) is 4.54. The smallest absolute Gasteiger partial charge is 0.677 e. The molecule has 1 saturated carbocycles. The Balaban J connectivity index is -0.000000166. The van der Waals surface area contributed by atoms with Gasteiger partial charge in [0.05, 0.1) is 0 Å². The van der Waals surface area contributed by atoms with Crippen molar-refractivity contribution in [3.63, 3.8) is 0 Å². The normalized spacial score (nSPS) is 15.4. The first-order valence-corrected chi connectivity index (χ1v) is 5.45. The molecule has 1 rings (SSSR count). The van der Waals surface area contributed by atoms with Crippen molar-refractivity contribution in [3.8, 4) is 0 Å². The zero-order chi connectivity index (χ0) is 12.5. The maximum Gasteiger partial charge on any atom is 2.00 e. The summed E-state index contributed by atoms with van der Waals surface area (Å²) in [6.07, 6.45) is 1.92. The van der Waals surface area contributed by atoms with E-state index >= 15 is 0 Å². The van der Waals surface area contributed by atoms with Crippen LogP contribution in [0.25, 0.3) is 11.5 Å². The second-order valence-corrected chi connectivity index (χ2v) is 4.54. The van der Waals surface area contributed by atoms with Gasteiger partial charge in [-0.3, -0.25) is 0 Å². The van der Waals surface area contributed by atoms with Gasteiger partial charge >= 0.3 is 21.1 Å². The van der Waals surface area contributed by atoms with Gasteiger partial charge in [-0.1, -0.05) is 18.3 Å². The minimum atomic E-state index is -0.167. The third kappa shape index (κ3) is 20.0. The summed E-state index contributed by atoms with van der Waals surface area (Å²) < 4.78 is 0. The van der Waals surface area contributed by atoms with Crippen LogP contribution in [0.1, 0.15) is 40.5 Å². The maximum atomic E-state index is 8.06. The van der Waals surface area contributed by atoms with Gasteiger partial charge in [-0.05, 0) is 27.7 Å². The molecule has 102 valence electrons. The van der Waals surface area contributed by atoms with E-state index in [0.29, 0.717) is 13.1 Å². The predicted molar refractivity (Wildman–Crippen MR) is 64.8 cm³/mol. The molecule has 4 nitrogen and oxygen atoms in total. The van der Waals surface area contributed by atoms with E-state index in [2.05, 4.69) is 0 Å². The van der Waals surface area contributed by atoms with Gasteiger partial charge in [0.1, 0.15) is 0 Å². The molecule has 0 aliphatic heterocycles. The standard InChI is InChI=1S/C5H10N2.2C3H8O.Pt/c6-3-5(4-7)1-2-5;2*1-3(2)4;/h6-7H,1-4H2;2*3-4H,1-2H3;/q-2;;;+2. The van der Waals surface area contributed by atoms with E-state index in [1.807, 2.05) is 0 Å². The average molecular weight is 413 g/mol. The van der Waals surface area contributed by atoms with Crippen molar-refractivity contribution in [1.82, 2.24) is 0 Å². The molecular weight excluding hydrogens is 387 g/mol. The van der Waals surface area contributed by atoms with E-state index in [0.717, 1.165) is 12.8 Å². The number of rotatable bonds is 2. The van der Waals surface area contributed by atoms with Crippen molar-refractivity contribution < 1.29 is 31.3 Å². The summed E-state index contributed by atoms with van der Waals surface area (Å²) in [6.45, 7) is 7.83. The molecule has 1 fully saturated rings. The number of nitrogens with one attached hydrogen (secondary N) is 2. The molecule has 0 aromatic heterocycles. The maximum absolute atomic E-state index is 8.06. The molecule has 0 radical (unpaired) electrons. The van der Waals surface area contributed by atoms with Crippen molar-refractivity contribution in [1.29, 1.82) is 0 Å². The van der Waals surface area contributed by atoms with Gasteiger partial charge in [-0.15, -0.1) is 13.1 Å². The van der Waals surface area contributed by atoms with Crippen molar-refractivity contribution in [2.24, 2.45) is 5.41 Å². The number of hydrogen-bond donors (Lipinski definition) is 2. The number of aliphatic hydroxyl groups excluding tert-OH is 2. The van der Waals surface area contributed by atoms with E-state index in [-0.39, 0.29) is 38.7 Å². The largest absolute Gasteiger partial charge is 2.00 e. The van der Waals surface area contributed by atoms with E-state index < -0.39 is 0 Å². The molecule has 0 aromatic rings. The molecule has 0 saturated heterocycles. The monoisotopic (exact) mass is 413 g/mol. The molecule has 1 aliphatic carbocycles. The quantitative estimate of drug-likeness (QED) is 0.729. The minimum absolute atomic E-state index is 0. The van der Waals surface area contributed by atoms with Crippen LogP contribution >= 0.6 is 0 Å².